The zero-order valence-corrected chi connectivity index (χ0v) is 15.4. The Morgan fingerprint density at radius 3 is 2.29 bits per heavy atom. The fourth-order valence-electron chi connectivity index (χ4n) is 2.65. The number of sulfonamides is 1. The van der Waals surface area contributed by atoms with Crippen LogP contribution < -0.4 is 4.72 Å². The van der Waals surface area contributed by atoms with Gasteiger partial charge in [-0.1, -0.05) is 42.5 Å². The molecule has 7 nitrogen and oxygen atoms in total. The van der Waals surface area contributed by atoms with E-state index in [1.807, 2.05) is 0 Å². The largest absolute Gasteiger partial charge is 0.480 e. The van der Waals surface area contributed by atoms with Gasteiger partial charge in [0, 0.05) is 5.56 Å². The highest BCUT2D eigenvalue weighted by Crippen LogP contribution is 2.22. The SMILES string of the molecule is O=Cc1ccc(-c2ccc(C[C@@H](NS(=O)(=O)c3ccccc3)C(=O)O)cc2)o1. The van der Waals surface area contributed by atoms with Crippen LogP contribution >= 0.6 is 0 Å². The second-order valence-corrected chi connectivity index (χ2v) is 7.76. The van der Waals surface area contributed by atoms with Gasteiger partial charge >= 0.3 is 5.97 Å². The van der Waals surface area contributed by atoms with Gasteiger partial charge in [0.25, 0.3) is 0 Å². The highest BCUT2D eigenvalue weighted by Gasteiger charge is 2.25. The third-order valence-corrected chi connectivity index (χ3v) is 5.56. The topological polar surface area (TPSA) is 114 Å². The van der Waals surface area contributed by atoms with E-state index in [-0.39, 0.29) is 17.1 Å². The number of aldehydes is 1. The summed E-state index contributed by atoms with van der Waals surface area (Å²) in [6.45, 7) is 0. The molecule has 28 heavy (non-hydrogen) atoms. The van der Waals surface area contributed by atoms with Crippen molar-refractivity contribution in [3.8, 4) is 11.3 Å². The number of hydrogen-bond acceptors (Lipinski definition) is 5. The fraction of sp³-hybridized carbons (Fsp3) is 0.100. The van der Waals surface area contributed by atoms with Crippen LogP contribution in [0.25, 0.3) is 11.3 Å². The van der Waals surface area contributed by atoms with E-state index in [1.54, 1.807) is 54.6 Å². The molecule has 0 aliphatic carbocycles. The number of carbonyl (C=O) groups excluding carboxylic acids is 1. The van der Waals surface area contributed by atoms with Gasteiger partial charge in [-0.3, -0.25) is 9.59 Å². The monoisotopic (exact) mass is 399 g/mol. The van der Waals surface area contributed by atoms with Crippen molar-refractivity contribution in [3.63, 3.8) is 0 Å². The summed E-state index contributed by atoms with van der Waals surface area (Å²) in [5.41, 5.74) is 1.35. The second kappa shape index (κ2) is 8.20. The predicted molar refractivity (Wildman–Crippen MR) is 101 cm³/mol. The molecule has 0 aliphatic rings. The highest BCUT2D eigenvalue weighted by molar-refractivity contribution is 7.89. The lowest BCUT2D eigenvalue weighted by atomic mass is 10.0. The van der Waals surface area contributed by atoms with Crippen LogP contribution in [0.4, 0.5) is 0 Å². The summed E-state index contributed by atoms with van der Waals surface area (Å²) in [6.07, 6.45) is 0.577. The van der Waals surface area contributed by atoms with Crippen molar-refractivity contribution in [3.05, 3.63) is 78.1 Å². The van der Waals surface area contributed by atoms with Gasteiger partial charge in [-0.2, -0.15) is 4.72 Å². The van der Waals surface area contributed by atoms with E-state index < -0.39 is 22.0 Å². The van der Waals surface area contributed by atoms with Gasteiger partial charge in [0.2, 0.25) is 10.0 Å². The minimum atomic E-state index is -3.95. The van der Waals surface area contributed by atoms with Gasteiger partial charge in [-0.15, -0.1) is 0 Å². The number of carboxylic acids is 1. The summed E-state index contributed by atoms with van der Waals surface area (Å²) >= 11 is 0. The molecule has 1 heterocycles. The molecule has 2 N–H and O–H groups in total. The Labute approximate surface area is 161 Å². The third kappa shape index (κ3) is 4.54. The summed E-state index contributed by atoms with van der Waals surface area (Å²) in [6, 6.07) is 16.3. The summed E-state index contributed by atoms with van der Waals surface area (Å²) in [5.74, 6) is -0.557. The first-order chi connectivity index (χ1) is 13.4. The maximum atomic E-state index is 12.4. The maximum Gasteiger partial charge on any atom is 0.322 e. The Kier molecular flexibility index (Phi) is 5.72. The number of aliphatic carboxylic acids is 1. The predicted octanol–water partition coefficient (Wildman–Crippen LogP) is 2.73. The van der Waals surface area contributed by atoms with Crippen LogP contribution in [0.2, 0.25) is 0 Å². The van der Waals surface area contributed by atoms with Crippen molar-refractivity contribution in [2.45, 2.75) is 17.4 Å². The minimum Gasteiger partial charge on any atom is -0.480 e. The summed E-state index contributed by atoms with van der Waals surface area (Å²) in [7, 11) is -3.95. The molecule has 1 aromatic heterocycles. The van der Waals surface area contributed by atoms with Gasteiger partial charge in [-0.05, 0) is 36.2 Å². The van der Waals surface area contributed by atoms with E-state index in [0.29, 0.717) is 23.2 Å². The molecule has 0 unspecified atom stereocenters. The van der Waals surface area contributed by atoms with Crippen LogP contribution in [0.5, 0.6) is 0 Å². The average Bonchev–Trinajstić information content (AvgIpc) is 3.18. The zero-order chi connectivity index (χ0) is 20.1. The van der Waals surface area contributed by atoms with Crippen molar-refractivity contribution < 1.29 is 27.5 Å². The molecular formula is C20H17NO6S. The van der Waals surface area contributed by atoms with Gasteiger partial charge < -0.3 is 9.52 Å². The van der Waals surface area contributed by atoms with E-state index >= 15 is 0 Å². The Balaban J connectivity index is 1.75. The fourth-order valence-corrected chi connectivity index (χ4v) is 3.86. The molecule has 3 aromatic rings. The van der Waals surface area contributed by atoms with E-state index in [1.165, 1.54) is 12.1 Å². The Morgan fingerprint density at radius 2 is 1.71 bits per heavy atom. The van der Waals surface area contributed by atoms with Gasteiger partial charge in [0.05, 0.1) is 4.90 Å². The number of carboxylic acid groups (broad SMARTS) is 1. The molecule has 0 saturated carbocycles. The van der Waals surface area contributed by atoms with Crippen molar-refractivity contribution in [2.75, 3.05) is 0 Å². The van der Waals surface area contributed by atoms with Crippen molar-refractivity contribution in [1.82, 2.24) is 4.72 Å². The maximum absolute atomic E-state index is 12.4. The quantitative estimate of drug-likeness (QED) is 0.563. The van der Waals surface area contributed by atoms with Crippen molar-refractivity contribution in [2.24, 2.45) is 0 Å². The number of rotatable bonds is 8. The number of hydrogen-bond donors (Lipinski definition) is 2. The van der Waals surface area contributed by atoms with Gasteiger partial charge in [0.15, 0.2) is 12.0 Å². The number of carbonyl (C=O) groups is 2. The lowest BCUT2D eigenvalue weighted by molar-refractivity contribution is -0.138. The van der Waals surface area contributed by atoms with Crippen LogP contribution in [0.1, 0.15) is 16.1 Å². The molecule has 2 aromatic carbocycles. The number of furan rings is 1. The molecule has 3 rings (SSSR count). The van der Waals surface area contributed by atoms with E-state index in [9.17, 15) is 23.1 Å². The lowest BCUT2D eigenvalue weighted by Gasteiger charge is -2.15. The van der Waals surface area contributed by atoms with Crippen molar-refractivity contribution in [1.29, 1.82) is 0 Å². The molecule has 8 heteroatoms. The Morgan fingerprint density at radius 1 is 1.04 bits per heavy atom. The van der Waals surface area contributed by atoms with E-state index in [0.717, 1.165) is 0 Å². The highest BCUT2D eigenvalue weighted by atomic mass is 32.2. The van der Waals surface area contributed by atoms with E-state index in [2.05, 4.69) is 4.72 Å². The molecule has 0 spiro atoms. The Bertz CT molecular complexity index is 1070. The molecule has 0 saturated heterocycles. The number of nitrogens with one attached hydrogen (secondary N) is 1. The number of benzene rings is 2. The van der Waals surface area contributed by atoms with Crippen LogP contribution in [-0.2, 0) is 21.2 Å². The van der Waals surface area contributed by atoms with Crippen LogP contribution in [-0.4, -0.2) is 31.8 Å². The average molecular weight is 399 g/mol. The first kappa shape index (κ1) is 19.5. The standard InChI is InChI=1S/C20H17NO6S/c22-13-16-10-11-19(27-16)15-8-6-14(7-9-15)12-18(20(23)24)21-28(25,26)17-4-2-1-3-5-17/h1-11,13,18,21H,12H2,(H,23,24)/t18-/m1/s1. The molecule has 1 atom stereocenters. The van der Waals surface area contributed by atoms with E-state index in [4.69, 9.17) is 4.42 Å². The zero-order valence-electron chi connectivity index (χ0n) is 14.6. The smallest absolute Gasteiger partial charge is 0.322 e. The molecular weight excluding hydrogens is 382 g/mol. The second-order valence-electron chi connectivity index (χ2n) is 6.05. The summed E-state index contributed by atoms with van der Waals surface area (Å²) < 4.78 is 32.4. The van der Waals surface area contributed by atoms with Gasteiger partial charge in [-0.25, -0.2) is 8.42 Å². The van der Waals surface area contributed by atoms with Gasteiger partial charge in [0.1, 0.15) is 11.8 Å². The molecule has 0 amide bonds. The van der Waals surface area contributed by atoms with Crippen molar-refractivity contribution >= 4 is 22.3 Å². The molecule has 0 radical (unpaired) electrons. The third-order valence-electron chi connectivity index (χ3n) is 4.07. The van der Waals surface area contributed by atoms with Crippen LogP contribution in [0.15, 0.2) is 76.0 Å². The molecule has 0 fully saturated rings. The van der Waals surface area contributed by atoms with Crippen LogP contribution in [0.3, 0.4) is 0 Å². The minimum absolute atomic E-state index is 0.000370. The first-order valence-electron chi connectivity index (χ1n) is 8.33. The summed E-state index contributed by atoms with van der Waals surface area (Å²) in [4.78, 5) is 22.3. The molecule has 144 valence electrons. The first-order valence-corrected chi connectivity index (χ1v) is 9.82. The Hall–Kier alpha value is -3.23. The normalized spacial score (nSPS) is 12.4. The molecule has 0 bridgehead atoms. The lowest BCUT2D eigenvalue weighted by Crippen LogP contribution is -2.42. The summed E-state index contributed by atoms with van der Waals surface area (Å²) in [5, 5.41) is 9.43. The van der Waals surface area contributed by atoms with Crippen LogP contribution in [0, 0.1) is 0 Å². The molecule has 0 aliphatic heterocycles.